The smallest absolute Gasteiger partial charge is 0.115 e. The fraction of sp³-hybridized carbons (Fsp3) is 0.263. The maximum Gasteiger partial charge on any atom is 0.115 e. The molecule has 0 saturated heterocycles. The van der Waals surface area contributed by atoms with Gasteiger partial charge in [-0.25, -0.2) is 9.97 Å². The minimum Gasteiger partial charge on any atom is -0.309 e. The van der Waals surface area contributed by atoms with Crippen LogP contribution in [0.15, 0.2) is 104 Å². The van der Waals surface area contributed by atoms with Crippen LogP contribution in [0.4, 0.5) is 0 Å². The summed E-state index contributed by atoms with van der Waals surface area (Å²) >= 11 is 0. The summed E-state index contributed by atoms with van der Waals surface area (Å²) in [7, 11) is 0. The molecule has 4 aliphatic rings. The molecule has 0 spiro atoms. The maximum absolute atomic E-state index is 4.31. The SMILES string of the molecule is c1ccc2c(c1)c1cc(-n3c4ccccc4c4cc(C56CC7CC(CC(C7)C5)C6)ccc43)ccc1n2-c1cncnc1. The lowest BCUT2D eigenvalue weighted by Crippen LogP contribution is -2.48. The van der Waals surface area contributed by atoms with E-state index in [1.165, 1.54) is 87.8 Å². The molecule has 42 heavy (non-hydrogen) atoms. The van der Waals surface area contributed by atoms with E-state index in [0.717, 1.165) is 23.4 Å². The summed E-state index contributed by atoms with van der Waals surface area (Å²) in [6, 6.07) is 32.1. The van der Waals surface area contributed by atoms with Crippen LogP contribution in [0.2, 0.25) is 0 Å². The summed E-state index contributed by atoms with van der Waals surface area (Å²) in [4.78, 5) is 8.62. The quantitative estimate of drug-likeness (QED) is 0.222. The molecule has 4 aliphatic carbocycles. The molecule has 0 atom stereocenters. The molecule has 3 heterocycles. The molecule has 0 aliphatic heterocycles. The number of aromatic nitrogens is 4. The van der Waals surface area contributed by atoms with Crippen molar-refractivity contribution in [2.24, 2.45) is 17.8 Å². The van der Waals surface area contributed by atoms with Crippen LogP contribution >= 0.6 is 0 Å². The molecule has 7 aromatic rings. The van der Waals surface area contributed by atoms with Crippen LogP contribution in [-0.2, 0) is 5.41 Å². The largest absolute Gasteiger partial charge is 0.309 e. The van der Waals surface area contributed by atoms with Crippen LogP contribution in [0.1, 0.15) is 44.1 Å². The van der Waals surface area contributed by atoms with Gasteiger partial charge in [-0.05, 0) is 110 Å². The highest BCUT2D eigenvalue weighted by Gasteiger charge is 2.51. The van der Waals surface area contributed by atoms with Gasteiger partial charge in [0, 0.05) is 27.2 Å². The fourth-order valence-corrected chi connectivity index (χ4v) is 9.83. The molecule has 0 N–H and O–H groups in total. The number of hydrogen-bond donors (Lipinski definition) is 0. The van der Waals surface area contributed by atoms with Gasteiger partial charge in [0.2, 0.25) is 0 Å². The Labute approximate surface area is 244 Å². The Morgan fingerprint density at radius 1 is 0.524 bits per heavy atom. The molecular weight excluding hydrogens is 512 g/mol. The molecule has 4 bridgehead atoms. The summed E-state index contributed by atoms with van der Waals surface area (Å²) in [5.41, 5.74) is 9.07. The molecule has 11 rings (SSSR count). The van der Waals surface area contributed by atoms with E-state index in [-0.39, 0.29) is 0 Å². The summed E-state index contributed by atoms with van der Waals surface area (Å²) in [6.45, 7) is 0. The van der Waals surface area contributed by atoms with Gasteiger partial charge < -0.3 is 9.13 Å². The zero-order valence-electron chi connectivity index (χ0n) is 23.6. The second kappa shape index (κ2) is 8.32. The number of hydrogen-bond acceptors (Lipinski definition) is 2. The predicted molar refractivity (Wildman–Crippen MR) is 171 cm³/mol. The van der Waals surface area contributed by atoms with Crippen molar-refractivity contribution in [2.45, 2.75) is 43.9 Å². The zero-order valence-corrected chi connectivity index (χ0v) is 23.6. The summed E-state index contributed by atoms with van der Waals surface area (Å²) in [6.07, 6.45) is 14.0. The third kappa shape index (κ3) is 3.13. The predicted octanol–water partition coefficient (Wildman–Crippen LogP) is 9.14. The Morgan fingerprint density at radius 2 is 1.05 bits per heavy atom. The standard InChI is InChI=1S/C38H32N4/c1-3-7-34-30(5-1)32-16-27(38-18-24-13-25(19-38)15-26(14-24)20-38)9-11-36(32)41(34)28-10-12-37-33(17-28)31-6-2-4-8-35(31)42(37)29-21-39-23-40-22-29/h1-12,16-17,21-26H,13-15,18-20H2. The van der Waals surface area contributed by atoms with Gasteiger partial charge in [-0.3, -0.25) is 0 Å². The van der Waals surface area contributed by atoms with Gasteiger partial charge >= 0.3 is 0 Å². The Kier molecular flexibility index (Phi) is 4.59. The highest BCUT2D eigenvalue weighted by atomic mass is 15.0. The van der Waals surface area contributed by atoms with Gasteiger partial charge in [-0.1, -0.05) is 42.5 Å². The number of benzene rings is 4. The molecule has 4 aromatic carbocycles. The third-order valence-electron chi connectivity index (χ3n) is 11.0. The summed E-state index contributed by atoms with van der Waals surface area (Å²) in [5, 5.41) is 5.22. The van der Waals surface area contributed by atoms with Crippen molar-refractivity contribution in [3.05, 3.63) is 109 Å². The summed E-state index contributed by atoms with van der Waals surface area (Å²) in [5.74, 6) is 2.85. The topological polar surface area (TPSA) is 35.6 Å². The first kappa shape index (κ1) is 23.2. The van der Waals surface area contributed by atoms with Gasteiger partial charge in [-0.15, -0.1) is 0 Å². The lowest BCUT2D eigenvalue weighted by atomic mass is 9.48. The number of rotatable bonds is 3. The summed E-state index contributed by atoms with van der Waals surface area (Å²) < 4.78 is 4.75. The van der Waals surface area contributed by atoms with E-state index >= 15 is 0 Å². The normalized spacial score (nSPS) is 24.9. The van der Waals surface area contributed by atoms with Crippen LogP contribution in [-0.4, -0.2) is 19.1 Å². The van der Waals surface area contributed by atoms with E-state index in [1.807, 2.05) is 12.4 Å². The van der Waals surface area contributed by atoms with Crippen LogP contribution < -0.4 is 0 Å². The first-order valence-electron chi connectivity index (χ1n) is 15.6. The number of nitrogens with zero attached hydrogens (tertiary/aromatic N) is 4. The lowest BCUT2D eigenvalue weighted by Gasteiger charge is -2.57. The van der Waals surface area contributed by atoms with Crippen molar-refractivity contribution in [2.75, 3.05) is 0 Å². The molecule has 4 saturated carbocycles. The average molecular weight is 545 g/mol. The molecule has 4 nitrogen and oxygen atoms in total. The Hall–Kier alpha value is -4.44. The van der Waals surface area contributed by atoms with Crippen molar-refractivity contribution in [3.8, 4) is 11.4 Å². The molecule has 3 aromatic heterocycles. The third-order valence-corrected chi connectivity index (χ3v) is 11.0. The molecule has 4 heteroatoms. The highest BCUT2D eigenvalue weighted by Crippen LogP contribution is 2.61. The molecule has 204 valence electrons. The minimum atomic E-state index is 0.397. The van der Waals surface area contributed by atoms with E-state index in [1.54, 1.807) is 11.9 Å². The maximum atomic E-state index is 4.31. The van der Waals surface area contributed by atoms with Gasteiger partial charge in [0.1, 0.15) is 6.33 Å². The second-order valence-corrected chi connectivity index (χ2v) is 13.4. The number of para-hydroxylation sites is 2. The van der Waals surface area contributed by atoms with Gasteiger partial charge in [0.25, 0.3) is 0 Å². The van der Waals surface area contributed by atoms with Crippen molar-refractivity contribution in [1.29, 1.82) is 0 Å². The van der Waals surface area contributed by atoms with Crippen molar-refractivity contribution >= 4 is 43.6 Å². The zero-order chi connectivity index (χ0) is 27.4. The fourth-order valence-electron chi connectivity index (χ4n) is 9.83. The van der Waals surface area contributed by atoms with Gasteiger partial charge in [0.15, 0.2) is 0 Å². The molecular formula is C38H32N4. The van der Waals surface area contributed by atoms with Crippen molar-refractivity contribution < 1.29 is 0 Å². The van der Waals surface area contributed by atoms with E-state index < -0.39 is 0 Å². The Morgan fingerprint density at radius 3 is 1.69 bits per heavy atom. The van der Waals surface area contributed by atoms with Gasteiger partial charge in [0.05, 0.1) is 40.1 Å². The Bertz CT molecular complexity index is 2150. The minimum absolute atomic E-state index is 0.397. The van der Waals surface area contributed by atoms with Crippen LogP contribution in [0.3, 0.4) is 0 Å². The average Bonchev–Trinajstić information content (AvgIpc) is 3.53. The molecule has 0 unspecified atom stereocenters. The van der Waals surface area contributed by atoms with E-state index in [2.05, 4.69) is 104 Å². The van der Waals surface area contributed by atoms with Crippen LogP contribution in [0, 0.1) is 17.8 Å². The molecule has 0 amide bonds. The molecule has 0 radical (unpaired) electrons. The van der Waals surface area contributed by atoms with Crippen molar-refractivity contribution in [3.63, 3.8) is 0 Å². The van der Waals surface area contributed by atoms with Crippen LogP contribution in [0.25, 0.3) is 55.0 Å². The number of fused-ring (bicyclic) bond motifs is 6. The monoisotopic (exact) mass is 544 g/mol. The van der Waals surface area contributed by atoms with Gasteiger partial charge in [-0.2, -0.15) is 0 Å². The van der Waals surface area contributed by atoms with Crippen LogP contribution in [0.5, 0.6) is 0 Å². The van der Waals surface area contributed by atoms with E-state index in [4.69, 9.17) is 0 Å². The Balaban J connectivity index is 1.19. The van der Waals surface area contributed by atoms with E-state index in [0.29, 0.717) is 5.41 Å². The highest BCUT2D eigenvalue weighted by molar-refractivity contribution is 6.12. The first-order chi connectivity index (χ1) is 20.7. The van der Waals surface area contributed by atoms with E-state index in [9.17, 15) is 0 Å². The van der Waals surface area contributed by atoms with Crippen molar-refractivity contribution in [1.82, 2.24) is 19.1 Å². The second-order valence-electron chi connectivity index (χ2n) is 13.4. The lowest BCUT2D eigenvalue weighted by molar-refractivity contribution is -0.00512. The first-order valence-corrected chi connectivity index (χ1v) is 15.6. The molecule has 4 fully saturated rings.